The van der Waals surface area contributed by atoms with E-state index in [4.69, 9.17) is 11.1 Å². The van der Waals surface area contributed by atoms with Crippen LogP contribution in [0.15, 0.2) is 11.2 Å². The first kappa shape index (κ1) is 16.0. The minimum Gasteiger partial charge on any atom is -0.386 e. The molecule has 0 spiro atoms. The maximum absolute atomic E-state index is 12.4. The lowest BCUT2D eigenvalue weighted by molar-refractivity contribution is 0.328. The number of aryl methyl sites for hydroxylation is 2. The smallest absolute Gasteiger partial charge is 0.260 e. The average molecular weight is 313 g/mol. The molecule has 1 aliphatic rings. The van der Waals surface area contributed by atoms with Gasteiger partial charge in [0.1, 0.15) is 11.7 Å². The summed E-state index contributed by atoms with van der Waals surface area (Å²) in [6, 6.07) is -0.641. The number of aromatic nitrogens is 2. The van der Waals surface area contributed by atoms with Crippen LogP contribution < -0.4 is 10.5 Å². The Kier molecular flexibility index (Phi) is 4.67. The highest BCUT2D eigenvalue weighted by atomic mass is 32.2. The zero-order valence-corrected chi connectivity index (χ0v) is 13.3. The van der Waals surface area contributed by atoms with Crippen LogP contribution in [-0.2, 0) is 17.1 Å². The van der Waals surface area contributed by atoms with Crippen LogP contribution in [0.3, 0.4) is 0 Å². The number of rotatable bonds is 5. The van der Waals surface area contributed by atoms with Crippen molar-refractivity contribution < 1.29 is 8.42 Å². The van der Waals surface area contributed by atoms with Gasteiger partial charge in [-0.25, -0.2) is 13.4 Å². The van der Waals surface area contributed by atoms with E-state index < -0.39 is 16.1 Å². The minimum absolute atomic E-state index is 0.0236. The monoisotopic (exact) mass is 313 g/mol. The van der Waals surface area contributed by atoms with Crippen LogP contribution in [0.1, 0.15) is 37.9 Å². The molecule has 0 radical (unpaired) electrons. The molecular formula is C13H23N5O2S. The van der Waals surface area contributed by atoms with Crippen LogP contribution in [0.4, 0.5) is 0 Å². The van der Waals surface area contributed by atoms with E-state index in [-0.39, 0.29) is 16.8 Å². The zero-order valence-electron chi connectivity index (χ0n) is 12.5. The third-order valence-electron chi connectivity index (χ3n) is 4.10. The molecule has 1 aromatic heterocycles. The van der Waals surface area contributed by atoms with Crippen molar-refractivity contribution in [2.45, 2.75) is 50.1 Å². The summed E-state index contributed by atoms with van der Waals surface area (Å²) in [6.07, 6.45) is 6.53. The van der Waals surface area contributed by atoms with Gasteiger partial charge in [-0.2, -0.15) is 4.72 Å². The van der Waals surface area contributed by atoms with Crippen molar-refractivity contribution >= 4 is 15.9 Å². The second-order valence-electron chi connectivity index (χ2n) is 5.69. The molecule has 1 saturated carbocycles. The first-order valence-electron chi connectivity index (χ1n) is 7.17. The number of hydrogen-bond donors (Lipinski definition) is 3. The molecular weight excluding hydrogens is 290 g/mol. The quantitative estimate of drug-likeness (QED) is 0.553. The fourth-order valence-corrected chi connectivity index (χ4v) is 4.09. The lowest BCUT2D eigenvalue weighted by Crippen LogP contribution is -2.49. The summed E-state index contributed by atoms with van der Waals surface area (Å²) < 4.78 is 29.0. The third-order valence-corrected chi connectivity index (χ3v) is 5.41. The van der Waals surface area contributed by atoms with Crippen LogP contribution >= 0.6 is 0 Å². The van der Waals surface area contributed by atoms with Crippen molar-refractivity contribution in [3.8, 4) is 0 Å². The highest BCUT2D eigenvalue weighted by Crippen LogP contribution is 2.27. The van der Waals surface area contributed by atoms with Gasteiger partial charge in [0.25, 0.3) is 10.0 Å². The number of hydrogen-bond acceptors (Lipinski definition) is 4. The summed E-state index contributed by atoms with van der Waals surface area (Å²) in [5.74, 6) is 0.585. The van der Waals surface area contributed by atoms with E-state index in [0.717, 1.165) is 32.1 Å². The minimum atomic E-state index is -3.76. The van der Waals surface area contributed by atoms with Crippen molar-refractivity contribution in [1.29, 1.82) is 5.41 Å². The summed E-state index contributed by atoms with van der Waals surface area (Å²) in [5, 5.41) is 7.68. The second-order valence-corrected chi connectivity index (χ2v) is 7.35. The molecule has 1 aromatic rings. The Balaban J connectivity index is 2.20. The van der Waals surface area contributed by atoms with Gasteiger partial charge in [0.15, 0.2) is 5.03 Å². The van der Waals surface area contributed by atoms with Gasteiger partial charge in [-0.3, -0.25) is 5.41 Å². The van der Waals surface area contributed by atoms with Crippen LogP contribution in [0.5, 0.6) is 0 Å². The number of amidine groups is 1. The van der Waals surface area contributed by atoms with E-state index in [9.17, 15) is 8.42 Å². The van der Waals surface area contributed by atoms with Gasteiger partial charge >= 0.3 is 0 Å². The molecule has 1 fully saturated rings. The Hall–Kier alpha value is -1.41. The maximum atomic E-state index is 12.4. The number of nitrogens with one attached hydrogen (secondary N) is 2. The number of nitrogens with two attached hydrogens (primary N) is 1. The molecule has 2 rings (SSSR count). The third kappa shape index (κ3) is 3.62. The molecule has 8 heteroatoms. The lowest BCUT2D eigenvalue weighted by Gasteiger charge is -2.29. The first-order chi connectivity index (χ1) is 9.81. The molecule has 1 unspecified atom stereocenters. The van der Waals surface area contributed by atoms with Crippen molar-refractivity contribution in [3.05, 3.63) is 12.0 Å². The number of nitrogens with zero attached hydrogens (tertiary/aromatic N) is 2. The largest absolute Gasteiger partial charge is 0.386 e. The van der Waals surface area contributed by atoms with Gasteiger partial charge in [0, 0.05) is 13.2 Å². The van der Waals surface area contributed by atoms with E-state index in [0.29, 0.717) is 5.82 Å². The van der Waals surface area contributed by atoms with Crippen molar-refractivity contribution in [2.75, 3.05) is 0 Å². The highest BCUT2D eigenvalue weighted by Gasteiger charge is 2.31. The molecule has 21 heavy (non-hydrogen) atoms. The normalized spacial score (nSPS) is 18.6. The van der Waals surface area contributed by atoms with Gasteiger partial charge < -0.3 is 10.3 Å². The number of imidazole rings is 1. The molecule has 1 aliphatic carbocycles. The predicted octanol–water partition coefficient (Wildman–Crippen LogP) is 0.892. The standard InChI is InChI=1S/C13H23N5O2S/c1-9-16-11(8-18(9)2)21(19,20)17-12(13(14)15)10-6-4-3-5-7-10/h8,10,12,17H,3-7H2,1-2H3,(H3,14,15). The SMILES string of the molecule is Cc1nc(S(=O)(=O)NC(C(=N)N)C2CCCCC2)cn1C. The van der Waals surface area contributed by atoms with Crippen LogP contribution in [-0.4, -0.2) is 29.8 Å². The molecule has 0 aliphatic heterocycles. The van der Waals surface area contributed by atoms with Crippen LogP contribution in [0.2, 0.25) is 0 Å². The summed E-state index contributed by atoms with van der Waals surface area (Å²) in [6.45, 7) is 1.74. The fraction of sp³-hybridized carbons (Fsp3) is 0.692. The molecule has 0 aromatic carbocycles. The molecule has 4 N–H and O–H groups in total. The van der Waals surface area contributed by atoms with Crippen molar-refractivity contribution in [1.82, 2.24) is 14.3 Å². The Labute approximate surface area is 125 Å². The molecule has 1 atom stereocenters. The van der Waals surface area contributed by atoms with E-state index in [1.54, 1.807) is 18.5 Å². The van der Waals surface area contributed by atoms with Gasteiger partial charge in [-0.1, -0.05) is 19.3 Å². The lowest BCUT2D eigenvalue weighted by atomic mass is 9.84. The fourth-order valence-electron chi connectivity index (χ4n) is 2.76. The van der Waals surface area contributed by atoms with Gasteiger partial charge in [0.2, 0.25) is 0 Å². The Morgan fingerprint density at radius 2 is 2.10 bits per heavy atom. The topological polar surface area (TPSA) is 114 Å². The van der Waals surface area contributed by atoms with E-state index >= 15 is 0 Å². The van der Waals surface area contributed by atoms with Crippen molar-refractivity contribution in [2.24, 2.45) is 18.7 Å². The molecule has 0 bridgehead atoms. The van der Waals surface area contributed by atoms with E-state index in [2.05, 4.69) is 9.71 Å². The van der Waals surface area contributed by atoms with Crippen LogP contribution in [0, 0.1) is 18.3 Å². The van der Waals surface area contributed by atoms with Gasteiger partial charge in [-0.05, 0) is 25.7 Å². The average Bonchev–Trinajstić information content (AvgIpc) is 2.78. The molecule has 0 amide bonds. The molecule has 1 heterocycles. The first-order valence-corrected chi connectivity index (χ1v) is 8.66. The Morgan fingerprint density at radius 1 is 1.48 bits per heavy atom. The summed E-state index contributed by atoms with van der Waals surface area (Å²) >= 11 is 0. The van der Waals surface area contributed by atoms with Crippen LogP contribution in [0.25, 0.3) is 0 Å². The van der Waals surface area contributed by atoms with Gasteiger partial charge in [-0.15, -0.1) is 0 Å². The molecule has 118 valence electrons. The molecule has 0 saturated heterocycles. The predicted molar refractivity (Wildman–Crippen MR) is 80.5 cm³/mol. The van der Waals surface area contributed by atoms with E-state index in [1.807, 2.05) is 0 Å². The summed E-state index contributed by atoms with van der Waals surface area (Å²) in [4.78, 5) is 4.04. The zero-order chi connectivity index (χ0) is 15.6. The Morgan fingerprint density at radius 3 is 2.57 bits per heavy atom. The second kappa shape index (κ2) is 6.15. The Bertz CT molecular complexity index is 597. The maximum Gasteiger partial charge on any atom is 0.260 e. The van der Waals surface area contributed by atoms with Crippen molar-refractivity contribution in [3.63, 3.8) is 0 Å². The van der Waals surface area contributed by atoms with Gasteiger partial charge in [0.05, 0.1) is 6.04 Å². The van der Waals surface area contributed by atoms with E-state index in [1.165, 1.54) is 6.20 Å². The summed E-state index contributed by atoms with van der Waals surface area (Å²) in [5.41, 5.74) is 5.62. The summed E-state index contributed by atoms with van der Waals surface area (Å²) in [7, 11) is -2.02. The highest BCUT2D eigenvalue weighted by molar-refractivity contribution is 7.89. The number of sulfonamides is 1. The molecule has 7 nitrogen and oxygen atoms in total.